The molecule has 4 nitrogen and oxygen atoms in total. The van der Waals surface area contributed by atoms with Crippen molar-refractivity contribution >= 4 is 5.91 Å². The Labute approximate surface area is 124 Å². The number of carbonyl (C=O) groups excluding carboxylic acids is 1. The van der Waals surface area contributed by atoms with Crippen LogP contribution in [0.4, 0.5) is 4.39 Å². The van der Waals surface area contributed by atoms with Crippen LogP contribution in [-0.4, -0.2) is 24.1 Å². The minimum Gasteiger partial charge on any atom is -0.487 e. The molecule has 114 valence electrons. The van der Waals surface area contributed by atoms with E-state index >= 15 is 0 Å². The van der Waals surface area contributed by atoms with E-state index in [0.717, 1.165) is 24.9 Å². The molecule has 2 aliphatic heterocycles. The molecule has 0 aromatic heterocycles. The third-order valence-electron chi connectivity index (χ3n) is 4.13. The van der Waals surface area contributed by atoms with Crippen molar-refractivity contribution in [2.45, 2.75) is 50.8 Å². The summed E-state index contributed by atoms with van der Waals surface area (Å²) in [6, 6.07) is 4.25. The van der Waals surface area contributed by atoms with E-state index in [-0.39, 0.29) is 23.8 Å². The molecule has 1 saturated heterocycles. The monoisotopic (exact) mass is 292 g/mol. The van der Waals surface area contributed by atoms with Gasteiger partial charge in [0.25, 0.3) is 0 Å². The Balaban J connectivity index is 1.83. The van der Waals surface area contributed by atoms with Gasteiger partial charge in [0.2, 0.25) is 5.91 Å². The maximum atomic E-state index is 13.4. The Morgan fingerprint density at radius 1 is 1.48 bits per heavy atom. The fourth-order valence-electron chi connectivity index (χ4n) is 3.13. The molecule has 21 heavy (non-hydrogen) atoms. The number of hydrogen-bond acceptors (Lipinski definition) is 3. The van der Waals surface area contributed by atoms with Crippen LogP contribution in [0.5, 0.6) is 5.75 Å². The minimum absolute atomic E-state index is 0.0190. The second-order valence-electron chi connectivity index (χ2n) is 6.46. The number of nitrogens with one attached hydrogen (secondary N) is 2. The SMILES string of the molecule is CC1(C)CC(NC(=O)C2CCCN2)c2ccc(F)cc2O1. The summed E-state index contributed by atoms with van der Waals surface area (Å²) < 4.78 is 19.2. The molecule has 5 heteroatoms. The summed E-state index contributed by atoms with van der Waals surface area (Å²) in [5.41, 5.74) is 0.420. The maximum absolute atomic E-state index is 13.4. The molecule has 0 aliphatic carbocycles. The topological polar surface area (TPSA) is 50.4 Å². The van der Waals surface area contributed by atoms with Gasteiger partial charge in [0.15, 0.2) is 0 Å². The summed E-state index contributed by atoms with van der Waals surface area (Å²) >= 11 is 0. The normalized spacial score (nSPS) is 26.8. The van der Waals surface area contributed by atoms with Crippen LogP contribution in [0.15, 0.2) is 18.2 Å². The van der Waals surface area contributed by atoms with E-state index in [9.17, 15) is 9.18 Å². The molecule has 2 N–H and O–H groups in total. The Hall–Kier alpha value is -1.62. The minimum atomic E-state index is -0.429. The molecule has 1 amide bonds. The van der Waals surface area contributed by atoms with E-state index in [2.05, 4.69) is 10.6 Å². The molecule has 0 saturated carbocycles. The maximum Gasteiger partial charge on any atom is 0.237 e. The lowest BCUT2D eigenvalue weighted by Crippen LogP contribution is -2.46. The number of hydrogen-bond donors (Lipinski definition) is 2. The van der Waals surface area contributed by atoms with Crippen molar-refractivity contribution in [3.63, 3.8) is 0 Å². The number of ether oxygens (including phenoxy) is 1. The third kappa shape index (κ3) is 3.02. The Morgan fingerprint density at radius 2 is 2.29 bits per heavy atom. The molecule has 2 atom stereocenters. The van der Waals surface area contributed by atoms with Crippen LogP contribution >= 0.6 is 0 Å². The highest BCUT2D eigenvalue weighted by Gasteiger charge is 2.36. The predicted octanol–water partition coefficient (Wildman–Crippen LogP) is 2.30. The Bertz CT molecular complexity index is 553. The van der Waals surface area contributed by atoms with E-state index in [1.807, 2.05) is 13.8 Å². The molecule has 1 fully saturated rings. The van der Waals surface area contributed by atoms with Gasteiger partial charge in [0, 0.05) is 18.1 Å². The third-order valence-corrected chi connectivity index (χ3v) is 4.13. The number of rotatable bonds is 2. The van der Waals surface area contributed by atoms with Crippen molar-refractivity contribution in [3.05, 3.63) is 29.6 Å². The molecule has 1 aromatic carbocycles. The molecule has 1 aromatic rings. The van der Waals surface area contributed by atoms with Crippen LogP contribution in [0, 0.1) is 5.82 Å². The molecule has 2 unspecified atom stereocenters. The van der Waals surface area contributed by atoms with Crippen molar-refractivity contribution in [2.75, 3.05) is 6.54 Å². The Kier molecular flexibility index (Phi) is 3.61. The summed E-state index contributed by atoms with van der Waals surface area (Å²) in [5, 5.41) is 6.28. The summed E-state index contributed by atoms with van der Waals surface area (Å²) in [7, 11) is 0. The van der Waals surface area contributed by atoms with Crippen LogP contribution in [0.2, 0.25) is 0 Å². The Morgan fingerprint density at radius 3 is 3.00 bits per heavy atom. The number of fused-ring (bicyclic) bond motifs is 1. The van der Waals surface area contributed by atoms with Crippen LogP contribution < -0.4 is 15.4 Å². The first-order valence-corrected chi connectivity index (χ1v) is 7.47. The molecule has 3 rings (SSSR count). The van der Waals surface area contributed by atoms with Gasteiger partial charge in [-0.05, 0) is 39.3 Å². The van der Waals surface area contributed by atoms with Gasteiger partial charge in [-0.1, -0.05) is 6.07 Å². The molecule has 2 heterocycles. The van der Waals surface area contributed by atoms with Gasteiger partial charge in [0.05, 0.1) is 12.1 Å². The summed E-state index contributed by atoms with van der Waals surface area (Å²) in [5.74, 6) is 0.218. The summed E-state index contributed by atoms with van der Waals surface area (Å²) in [6.07, 6.45) is 2.57. The fraction of sp³-hybridized carbons (Fsp3) is 0.562. The molecule has 0 spiro atoms. The fourth-order valence-corrected chi connectivity index (χ4v) is 3.13. The van der Waals surface area contributed by atoms with Gasteiger partial charge in [0.1, 0.15) is 17.2 Å². The van der Waals surface area contributed by atoms with Crippen LogP contribution in [0.1, 0.15) is 44.7 Å². The zero-order valence-electron chi connectivity index (χ0n) is 12.4. The van der Waals surface area contributed by atoms with Crippen molar-refractivity contribution in [1.29, 1.82) is 0 Å². The van der Waals surface area contributed by atoms with Crippen molar-refractivity contribution in [3.8, 4) is 5.75 Å². The second kappa shape index (κ2) is 5.30. The van der Waals surface area contributed by atoms with Gasteiger partial charge in [-0.15, -0.1) is 0 Å². The molecular weight excluding hydrogens is 271 g/mol. The van der Waals surface area contributed by atoms with Crippen molar-refractivity contribution in [2.24, 2.45) is 0 Å². The highest BCUT2D eigenvalue weighted by Crippen LogP contribution is 2.39. The van der Waals surface area contributed by atoms with Gasteiger partial charge >= 0.3 is 0 Å². The molecule has 2 aliphatic rings. The van der Waals surface area contributed by atoms with E-state index in [1.165, 1.54) is 12.1 Å². The number of carbonyl (C=O) groups is 1. The van der Waals surface area contributed by atoms with Gasteiger partial charge in [-0.25, -0.2) is 4.39 Å². The smallest absolute Gasteiger partial charge is 0.237 e. The quantitative estimate of drug-likeness (QED) is 0.879. The van der Waals surface area contributed by atoms with Gasteiger partial charge < -0.3 is 15.4 Å². The molecule has 0 radical (unpaired) electrons. The highest BCUT2D eigenvalue weighted by molar-refractivity contribution is 5.82. The van der Waals surface area contributed by atoms with Gasteiger partial charge in [-0.3, -0.25) is 4.79 Å². The molecular formula is C16H21FN2O2. The number of benzene rings is 1. The average Bonchev–Trinajstić information content (AvgIpc) is 2.90. The van der Waals surface area contributed by atoms with E-state index in [1.54, 1.807) is 6.07 Å². The number of halogens is 1. The number of amides is 1. The lowest BCUT2D eigenvalue weighted by atomic mass is 9.89. The van der Waals surface area contributed by atoms with Crippen molar-refractivity contribution in [1.82, 2.24) is 10.6 Å². The van der Waals surface area contributed by atoms with Crippen LogP contribution in [0.3, 0.4) is 0 Å². The lowest BCUT2D eigenvalue weighted by Gasteiger charge is -2.38. The first-order valence-electron chi connectivity index (χ1n) is 7.47. The van der Waals surface area contributed by atoms with Gasteiger partial charge in [-0.2, -0.15) is 0 Å². The van der Waals surface area contributed by atoms with Crippen LogP contribution in [0.25, 0.3) is 0 Å². The second-order valence-corrected chi connectivity index (χ2v) is 6.46. The lowest BCUT2D eigenvalue weighted by molar-refractivity contribution is -0.124. The van der Waals surface area contributed by atoms with E-state index in [4.69, 9.17) is 4.74 Å². The molecule has 0 bridgehead atoms. The largest absolute Gasteiger partial charge is 0.487 e. The standard InChI is InChI=1S/C16H21FN2O2/c1-16(2)9-13(19-15(20)12-4-3-7-18-12)11-6-5-10(17)8-14(11)21-16/h5-6,8,12-13,18H,3-4,7,9H2,1-2H3,(H,19,20). The summed E-state index contributed by atoms with van der Waals surface area (Å²) in [4.78, 5) is 12.3. The highest BCUT2D eigenvalue weighted by atomic mass is 19.1. The van der Waals surface area contributed by atoms with E-state index in [0.29, 0.717) is 12.2 Å². The zero-order valence-corrected chi connectivity index (χ0v) is 12.4. The predicted molar refractivity (Wildman–Crippen MR) is 77.6 cm³/mol. The summed E-state index contributed by atoms with van der Waals surface area (Å²) in [6.45, 7) is 4.79. The zero-order chi connectivity index (χ0) is 15.0. The van der Waals surface area contributed by atoms with Crippen LogP contribution in [-0.2, 0) is 4.79 Å². The van der Waals surface area contributed by atoms with E-state index < -0.39 is 5.60 Å². The first-order chi connectivity index (χ1) is 9.94. The first kappa shape index (κ1) is 14.3. The van der Waals surface area contributed by atoms with Crippen molar-refractivity contribution < 1.29 is 13.9 Å². The average molecular weight is 292 g/mol.